The van der Waals surface area contributed by atoms with Gasteiger partial charge in [0.15, 0.2) is 0 Å². The predicted octanol–water partition coefficient (Wildman–Crippen LogP) is 5.47. The average Bonchev–Trinajstić information content (AvgIpc) is 2.56. The Hall–Kier alpha value is -1.48. The highest BCUT2D eigenvalue weighted by molar-refractivity contribution is 9.10. The second-order valence-corrected chi connectivity index (χ2v) is 7.81. The highest BCUT2D eigenvalue weighted by atomic mass is 79.9. The Kier molecular flexibility index (Phi) is 3.84. The van der Waals surface area contributed by atoms with E-state index in [9.17, 15) is 10.2 Å². The summed E-state index contributed by atoms with van der Waals surface area (Å²) < 4.78 is 0.787. The van der Waals surface area contributed by atoms with E-state index in [-0.39, 0.29) is 0 Å². The molecule has 0 amide bonds. The molecule has 0 radical (unpaired) electrons. The summed E-state index contributed by atoms with van der Waals surface area (Å²) >= 11 is 3.46. The van der Waals surface area contributed by atoms with Crippen LogP contribution in [0.5, 0.6) is 11.5 Å². The zero-order chi connectivity index (χ0) is 16.0. The highest BCUT2D eigenvalue weighted by Crippen LogP contribution is 2.52. The Balaban J connectivity index is 1.79. The van der Waals surface area contributed by atoms with Crippen LogP contribution in [0.25, 0.3) is 0 Å². The number of hydrogen-bond acceptors (Lipinski definition) is 2. The molecule has 0 heterocycles. The van der Waals surface area contributed by atoms with E-state index in [1.54, 1.807) is 12.1 Å². The van der Waals surface area contributed by atoms with Crippen molar-refractivity contribution < 1.29 is 10.2 Å². The van der Waals surface area contributed by atoms with Crippen molar-refractivity contribution >= 4 is 15.9 Å². The standard InChI is InChI=1S/C20H21BrO2/c21-19-10-13-9-17(12-5-7-14(22)8-6-12)15-3-1-2-4-16(15)18(13)11-20(19)23/h5-8,10-11,15-17,22-23H,1-4,9H2/t15-,16+,17-/m0/s1. The van der Waals surface area contributed by atoms with Crippen molar-refractivity contribution in [2.45, 2.75) is 43.9 Å². The van der Waals surface area contributed by atoms with E-state index in [2.05, 4.69) is 34.1 Å². The summed E-state index contributed by atoms with van der Waals surface area (Å²) in [7, 11) is 0. The molecule has 2 nitrogen and oxygen atoms in total. The molecule has 4 rings (SSSR count). The van der Waals surface area contributed by atoms with Crippen molar-refractivity contribution in [1.29, 1.82) is 0 Å². The van der Waals surface area contributed by atoms with Crippen molar-refractivity contribution in [2.24, 2.45) is 5.92 Å². The van der Waals surface area contributed by atoms with Crippen molar-refractivity contribution in [2.75, 3.05) is 0 Å². The molecule has 3 heteroatoms. The minimum Gasteiger partial charge on any atom is -0.508 e. The number of phenolic OH excluding ortho intramolecular Hbond substituents is 2. The largest absolute Gasteiger partial charge is 0.508 e. The third kappa shape index (κ3) is 2.65. The molecule has 2 aromatic carbocycles. The zero-order valence-electron chi connectivity index (χ0n) is 13.0. The van der Waals surface area contributed by atoms with Gasteiger partial charge >= 0.3 is 0 Å². The lowest BCUT2D eigenvalue weighted by Gasteiger charge is -2.43. The first-order valence-electron chi connectivity index (χ1n) is 8.43. The number of fused-ring (bicyclic) bond motifs is 3. The lowest BCUT2D eigenvalue weighted by Crippen LogP contribution is -2.30. The first kappa shape index (κ1) is 15.1. The smallest absolute Gasteiger partial charge is 0.130 e. The van der Waals surface area contributed by atoms with Crippen LogP contribution in [0.1, 0.15) is 54.2 Å². The maximum Gasteiger partial charge on any atom is 0.130 e. The van der Waals surface area contributed by atoms with E-state index in [4.69, 9.17) is 0 Å². The van der Waals surface area contributed by atoms with Crippen LogP contribution in [0.15, 0.2) is 40.9 Å². The normalized spacial score (nSPS) is 26.4. The molecule has 1 saturated carbocycles. The van der Waals surface area contributed by atoms with Crippen molar-refractivity contribution in [3.63, 3.8) is 0 Å². The third-order valence-corrected chi connectivity index (χ3v) is 6.34. The number of hydrogen-bond donors (Lipinski definition) is 2. The highest BCUT2D eigenvalue weighted by Gasteiger charge is 2.39. The second kappa shape index (κ2) is 5.86. The monoisotopic (exact) mass is 372 g/mol. The maximum absolute atomic E-state index is 10.1. The summed E-state index contributed by atoms with van der Waals surface area (Å²) in [4.78, 5) is 0. The molecule has 0 spiro atoms. The molecule has 0 unspecified atom stereocenters. The van der Waals surface area contributed by atoms with Gasteiger partial charge in [0.1, 0.15) is 11.5 Å². The van der Waals surface area contributed by atoms with Gasteiger partial charge in [-0.15, -0.1) is 0 Å². The fourth-order valence-corrected chi connectivity index (χ4v) is 5.03. The van der Waals surface area contributed by atoms with Crippen molar-refractivity contribution in [3.8, 4) is 11.5 Å². The summed E-state index contributed by atoms with van der Waals surface area (Å²) in [6.45, 7) is 0. The van der Waals surface area contributed by atoms with Crippen molar-refractivity contribution in [1.82, 2.24) is 0 Å². The first-order valence-corrected chi connectivity index (χ1v) is 9.23. The van der Waals surface area contributed by atoms with Gasteiger partial charge in [-0.25, -0.2) is 0 Å². The van der Waals surface area contributed by atoms with Gasteiger partial charge in [0.2, 0.25) is 0 Å². The number of aromatic hydroxyl groups is 2. The quantitative estimate of drug-likeness (QED) is 0.696. The molecule has 120 valence electrons. The van der Waals surface area contributed by atoms with Crippen LogP contribution in [0.2, 0.25) is 0 Å². The van der Waals surface area contributed by atoms with E-state index in [1.165, 1.54) is 42.4 Å². The molecule has 0 aliphatic heterocycles. The average molecular weight is 373 g/mol. The summed E-state index contributed by atoms with van der Waals surface area (Å²) in [5.74, 6) is 2.38. The van der Waals surface area contributed by atoms with Crippen LogP contribution in [0.3, 0.4) is 0 Å². The van der Waals surface area contributed by atoms with Gasteiger partial charge in [0.05, 0.1) is 4.47 Å². The lowest BCUT2D eigenvalue weighted by molar-refractivity contribution is 0.242. The topological polar surface area (TPSA) is 40.5 Å². The SMILES string of the molecule is Oc1ccc([C@@H]2Cc3cc(Br)c(O)cc3[C@@H]3CCCC[C@H]23)cc1. The molecular formula is C20H21BrO2. The molecule has 0 aromatic heterocycles. The summed E-state index contributed by atoms with van der Waals surface area (Å²) in [6, 6.07) is 11.8. The Morgan fingerprint density at radius 3 is 2.43 bits per heavy atom. The Morgan fingerprint density at radius 2 is 1.65 bits per heavy atom. The van der Waals surface area contributed by atoms with Gasteiger partial charge in [-0.3, -0.25) is 0 Å². The number of rotatable bonds is 1. The molecule has 3 atom stereocenters. The second-order valence-electron chi connectivity index (χ2n) is 6.96. The summed E-state index contributed by atoms with van der Waals surface area (Å²) in [5, 5.41) is 19.7. The van der Waals surface area contributed by atoms with Crippen LogP contribution >= 0.6 is 15.9 Å². The molecule has 2 aliphatic carbocycles. The molecule has 2 aromatic rings. The van der Waals surface area contributed by atoms with Crippen molar-refractivity contribution in [3.05, 3.63) is 57.6 Å². The number of halogens is 1. The fraction of sp³-hybridized carbons (Fsp3) is 0.400. The van der Waals surface area contributed by atoms with Gasteiger partial charge in [-0.1, -0.05) is 25.0 Å². The Labute approximate surface area is 145 Å². The van der Waals surface area contributed by atoms with Crippen LogP contribution in [0.4, 0.5) is 0 Å². The predicted molar refractivity (Wildman–Crippen MR) is 95.1 cm³/mol. The van der Waals surface area contributed by atoms with E-state index in [0.717, 1.165) is 10.9 Å². The summed E-state index contributed by atoms with van der Waals surface area (Å²) in [6.07, 6.45) is 6.06. The van der Waals surface area contributed by atoms with Crippen LogP contribution in [-0.2, 0) is 6.42 Å². The van der Waals surface area contributed by atoms with Gasteiger partial charge in [0.25, 0.3) is 0 Å². The third-order valence-electron chi connectivity index (χ3n) is 5.71. The molecule has 1 fully saturated rings. The molecular weight excluding hydrogens is 352 g/mol. The van der Waals surface area contributed by atoms with Crippen LogP contribution in [0, 0.1) is 5.92 Å². The van der Waals surface area contributed by atoms with E-state index in [1.807, 2.05) is 6.07 Å². The number of phenols is 2. The van der Waals surface area contributed by atoms with Gasteiger partial charge < -0.3 is 10.2 Å². The fourth-order valence-electron chi connectivity index (χ4n) is 4.64. The zero-order valence-corrected chi connectivity index (χ0v) is 14.6. The number of benzene rings is 2. The maximum atomic E-state index is 10.1. The van der Waals surface area contributed by atoms with Crippen LogP contribution < -0.4 is 0 Å². The van der Waals surface area contributed by atoms with Gasteiger partial charge in [-0.05, 0) is 93.9 Å². The summed E-state index contributed by atoms with van der Waals surface area (Å²) in [5.41, 5.74) is 4.04. The first-order chi connectivity index (χ1) is 11.1. The molecule has 2 N–H and O–H groups in total. The lowest BCUT2D eigenvalue weighted by atomic mass is 9.61. The molecule has 0 bridgehead atoms. The van der Waals surface area contributed by atoms with Gasteiger partial charge in [-0.2, -0.15) is 0 Å². The minimum atomic E-state index is 0.331. The van der Waals surface area contributed by atoms with Gasteiger partial charge in [0, 0.05) is 0 Å². The Bertz CT molecular complexity index is 723. The molecule has 0 saturated heterocycles. The van der Waals surface area contributed by atoms with E-state index < -0.39 is 0 Å². The van der Waals surface area contributed by atoms with E-state index >= 15 is 0 Å². The van der Waals surface area contributed by atoms with E-state index in [0.29, 0.717) is 29.3 Å². The minimum absolute atomic E-state index is 0.331. The molecule has 23 heavy (non-hydrogen) atoms. The Morgan fingerprint density at radius 1 is 0.913 bits per heavy atom. The molecule has 2 aliphatic rings. The van der Waals surface area contributed by atoms with Crippen LogP contribution in [-0.4, -0.2) is 10.2 Å².